The summed E-state index contributed by atoms with van der Waals surface area (Å²) in [5.74, 6) is 0.844. The van der Waals surface area contributed by atoms with Gasteiger partial charge >= 0.3 is 0 Å². The van der Waals surface area contributed by atoms with Crippen LogP contribution in [0, 0.1) is 11.3 Å². The van der Waals surface area contributed by atoms with E-state index in [0.717, 1.165) is 36.3 Å². The number of ether oxygens (including phenoxy) is 2. The normalized spacial score (nSPS) is 17.4. The van der Waals surface area contributed by atoms with E-state index in [4.69, 9.17) is 9.47 Å². The maximum atomic E-state index is 9.95. The second kappa shape index (κ2) is 8.15. The number of morpholine rings is 1. The molecule has 0 amide bonds. The van der Waals surface area contributed by atoms with E-state index >= 15 is 0 Å². The first-order valence-corrected chi connectivity index (χ1v) is 8.76. The minimum absolute atomic E-state index is 0.0856. The molecule has 1 fully saturated rings. The number of nitriles is 1. The molecule has 0 bridgehead atoms. The molecule has 2 aromatic carbocycles. The van der Waals surface area contributed by atoms with Gasteiger partial charge in [-0.25, -0.2) is 0 Å². The molecule has 1 unspecified atom stereocenters. The first-order chi connectivity index (χ1) is 12.3. The van der Waals surface area contributed by atoms with Crippen LogP contribution in [0.4, 0.5) is 0 Å². The molecule has 1 heterocycles. The number of quaternary nitrogens is 1. The molecule has 1 atom stereocenters. The first-order valence-electron chi connectivity index (χ1n) is 8.76. The van der Waals surface area contributed by atoms with Crippen molar-refractivity contribution in [2.24, 2.45) is 0 Å². The van der Waals surface area contributed by atoms with Gasteiger partial charge < -0.3 is 14.0 Å². The van der Waals surface area contributed by atoms with Crippen LogP contribution in [0.15, 0.2) is 54.6 Å². The third-order valence-corrected chi connectivity index (χ3v) is 5.10. The van der Waals surface area contributed by atoms with Crippen LogP contribution in [0.2, 0.25) is 0 Å². The molecule has 0 aromatic heterocycles. The van der Waals surface area contributed by atoms with Gasteiger partial charge in [-0.2, -0.15) is 5.26 Å². The molecule has 3 rings (SSSR count). The SMILES string of the molecule is COc1ccc(CC(C#N)[N+]2(Cc3ccccc3)CCOCC2)cc1. The number of nitrogens with zero attached hydrogens (tertiary/aromatic N) is 2. The van der Waals surface area contributed by atoms with Crippen molar-refractivity contribution in [3.63, 3.8) is 0 Å². The molecular weight excluding hydrogens is 312 g/mol. The Balaban J connectivity index is 1.83. The summed E-state index contributed by atoms with van der Waals surface area (Å²) in [5, 5.41) is 9.95. The minimum Gasteiger partial charge on any atom is -0.497 e. The fourth-order valence-electron chi connectivity index (χ4n) is 3.58. The van der Waals surface area contributed by atoms with E-state index < -0.39 is 0 Å². The van der Waals surface area contributed by atoms with Crippen LogP contribution in [0.3, 0.4) is 0 Å². The molecule has 4 heteroatoms. The summed E-state index contributed by atoms with van der Waals surface area (Å²) < 4.78 is 11.6. The van der Waals surface area contributed by atoms with E-state index in [9.17, 15) is 5.26 Å². The van der Waals surface area contributed by atoms with E-state index in [0.29, 0.717) is 13.2 Å². The van der Waals surface area contributed by atoms with Gasteiger partial charge in [-0.05, 0) is 17.7 Å². The highest BCUT2D eigenvalue weighted by Gasteiger charge is 2.39. The Morgan fingerprint density at radius 2 is 1.72 bits per heavy atom. The second-order valence-corrected chi connectivity index (χ2v) is 6.62. The quantitative estimate of drug-likeness (QED) is 0.760. The molecule has 0 N–H and O–H groups in total. The molecule has 1 aliphatic heterocycles. The van der Waals surface area contributed by atoms with Gasteiger partial charge in [0.25, 0.3) is 0 Å². The van der Waals surface area contributed by atoms with Crippen LogP contribution in [-0.4, -0.2) is 43.9 Å². The topological polar surface area (TPSA) is 42.2 Å². The minimum atomic E-state index is -0.0856. The van der Waals surface area contributed by atoms with Gasteiger partial charge in [-0.15, -0.1) is 0 Å². The number of hydrogen-bond donors (Lipinski definition) is 0. The van der Waals surface area contributed by atoms with Crippen molar-refractivity contribution in [2.75, 3.05) is 33.4 Å². The number of rotatable bonds is 6. The molecule has 1 saturated heterocycles. The molecule has 0 aliphatic carbocycles. The Bertz CT molecular complexity index is 701. The average Bonchev–Trinajstić information content (AvgIpc) is 2.68. The van der Waals surface area contributed by atoms with Gasteiger partial charge in [0.1, 0.15) is 31.5 Å². The van der Waals surface area contributed by atoms with Gasteiger partial charge in [0.15, 0.2) is 6.04 Å². The maximum Gasteiger partial charge on any atom is 0.180 e. The van der Waals surface area contributed by atoms with Crippen molar-refractivity contribution >= 4 is 0 Å². The predicted molar refractivity (Wildman–Crippen MR) is 97.1 cm³/mol. The third-order valence-electron chi connectivity index (χ3n) is 5.10. The lowest BCUT2D eigenvalue weighted by Crippen LogP contribution is -2.60. The average molecular weight is 337 g/mol. The van der Waals surface area contributed by atoms with Crippen molar-refractivity contribution in [1.82, 2.24) is 0 Å². The van der Waals surface area contributed by atoms with Gasteiger partial charge in [0.2, 0.25) is 0 Å². The van der Waals surface area contributed by atoms with Gasteiger partial charge in [-0.3, -0.25) is 0 Å². The highest BCUT2D eigenvalue weighted by molar-refractivity contribution is 5.28. The monoisotopic (exact) mass is 337 g/mol. The Labute approximate surface area is 149 Å². The van der Waals surface area contributed by atoms with Crippen LogP contribution in [0.25, 0.3) is 0 Å². The summed E-state index contributed by atoms with van der Waals surface area (Å²) in [7, 11) is 1.67. The molecule has 0 saturated carbocycles. The van der Waals surface area contributed by atoms with E-state index in [1.807, 2.05) is 18.2 Å². The fraction of sp³-hybridized carbons (Fsp3) is 0.381. The number of hydrogen-bond acceptors (Lipinski definition) is 3. The lowest BCUT2D eigenvalue weighted by molar-refractivity contribution is -0.962. The van der Waals surface area contributed by atoms with Crippen LogP contribution in [0.1, 0.15) is 11.1 Å². The van der Waals surface area contributed by atoms with E-state index in [2.05, 4.69) is 42.5 Å². The summed E-state index contributed by atoms with van der Waals surface area (Å²) in [6, 6.07) is 21.0. The van der Waals surface area contributed by atoms with Crippen LogP contribution < -0.4 is 4.74 Å². The smallest absolute Gasteiger partial charge is 0.180 e. The standard InChI is InChI=1S/C21H25N2O2/c1-24-21-9-7-18(8-10-21)15-20(16-22)23(11-13-25-14-12-23)17-19-5-3-2-4-6-19/h2-10,20H,11-15,17H2,1H3/q+1. The van der Waals surface area contributed by atoms with E-state index in [-0.39, 0.29) is 6.04 Å². The second-order valence-electron chi connectivity index (χ2n) is 6.62. The van der Waals surface area contributed by atoms with Crippen LogP contribution >= 0.6 is 0 Å². The number of benzene rings is 2. The van der Waals surface area contributed by atoms with Gasteiger partial charge in [0, 0.05) is 12.0 Å². The lowest BCUT2D eigenvalue weighted by Gasteiger charge is -2.44. The fourth-order valence-corrected chi connectivity index (χ4v) is 3.58. The zero-order valence-corrected chi connectivity index (χ0v) is 14.7. The Hall–Kier alpha value is -2.35. The Kier molecular flexibility index (Phi) is 5.70. The molecule has 1 aliphatic rings. The predicted octanol–water partition coefficient (Wildman–Crippen LogP) is 3.18. The van der Waals surface area contributed by atoms with E-state index in [1.165, 1.54) is 11.1 Å². The third kappa shape index (κ3) is 4.19. The Morgan fingerprint density at radius 1 is 1.04 bits per heavy atom. The lowest BCUT2D eigenvalue weighted by atomic mass is 10.0. The molecule has 2 aromatic rings. The number of methoxy groups -OCH3 is 1. The summed E-state index contributed by atoms with van der Waals surface area (Å²) in [5.41, 5.74) is 2.45. The molecule has 0 spiro atoms. The highest BCUT2D eigenvalue weighted by atomic mass is 16.5. The first kappa shape index (κ1) is 17.5. The molecule has 25 heavy (non-hydrogen) atoms. The molecule has 0 radical (unpaired) electrons. The maximum absolute atomic E-state index is 9.95. The van der Waals surface area contributed by atoms with Crippen molar-refractivity contribution < 1.29 is 14.0 Å². The van der Waals surface area contributed by atoms with Gasteiger partial charge in [0.05, 0.1) is 20.3 Å². The van der Waals surface area contributed by atoms with Gasteiger partial charge in [-0.1, -0.05) is 42.5 Å². The van der Waals surface area contributed by atoms with Crippen molar-refractivity contribution in [3.8, 4) is 11.8 Å². The Morgan fingerprint density at radius 3 is 2.32 bits per heavy atom. The van der Waals surface area contributed by atoms with Crippen molar-refractivity contribution in [2.45, 2.75) is 19.0 Å². The zero-order valence-electron chi connectivity index (χ0n) is 14.7. The van der Waals surface area contributed by atoms with Crippen molar-refractivity contribution in [3.05, 3.63) is 65.7 Å². The van der Waals surface area contributed by atoms with Crippen molar-refractivity contribution in [1.29, 1.82) is 5.26 Å². The summed E-state index contributed by atoms with van der Waals surface area (Å²) in [6.07, 6.45) is 0.743. The summed E-state index contributed by atoms with van der Waals surface area (Å²) in [6.45, 7) is 4.06. The molecule has 130 valence electrons. The largest absolute Gasteiger partial charge is 0.497 e. The van der Waals surface area contributed by atoms with Crippen LogP contribution in [0.5, 0.6) is 5.75 Å². The summed E-state index contributed by atoms with van der Waals surface area (Å²) in [4.78, 5) is 0. The molecular formula is C21H25N2O2+. The highest BCUT2D eigenvalue weighted by Crippen LogP contribution is 2.25. The van der Waals surface area contributed by atoms with Crippen LogP contribution in [-0.2, 0) is 17.7 Å². The zero-order chi connectivity index (χ0) is 17.5. The summed E-state index contributed by atoms with van der Waals surface area (Å²) >= 11 is 0. The molecule has 4 nitrogen and oxygen atoms in total. The van der Waals surface area contributed by atoms with E-state index in [1.54, 1.807) is 7.11 Å².